The highest BCUT2D eigenvalue weighted by molar-refractivity contribution is 6.06. The smallest absolute Gasteiger partial charge is 0.416 e. The fraction of sp³-hybridized carbons (Fsp3) is 0.185. The highest BCUT2D eigenvalue weighted by Gasteiger charge is 2.39. The van der Waals surface area contributed by atoms with Gasteiger partial charge in [0.05, 0.1) is 31.8 Å². The number of aromatic nitrogens is 1. The van der Waals surface area contributed by atoms with Gasteiger partial charge < -0.3 is 19.3 Å². The molecular weight excluding hydrogens is 503 g/mol. The van der Waals surface area contributed by atoms with Gasteiger partial charge in [0, 0.05) is 29.0 Å². The summed E-state index contributed by atoms with van der Waals surface area (Å²) in [5.74, 6) is 2.01. The molecule has 1 saturated heterocycles. The minimum absolute atomic E-state index is 0.0444. The highest BCUT2D eigenvalue weighted by Crippen LogP contribution is 2.38. The minimum Gasteiger partial charge on any atom is -0.493 e. The zero-order valence-corrected chi connectivity index (χ0v) is 20.3. The summed E-state index contributed by atoms with van der Waals surface area (Å²) in [5.41, 5.74) is 0.160. The van der Waals surface area contributed by atoms with Crippen molar-refractivity contribution in [2.24, 2.45) is 0 Å². The van der Waals surface area contributed by atoms with E-state index in [1.165, 1.54) is 26.4 Å². The van der Waals surface area contributed by atoms with Crippen molar-refractivity contribution in [3.63, 3.8) is 0 Å². The van der Waals surface area contributed by atoms with E-state index >= 15 is 0 Å². The summed E-state index contributed by atoms with van der Waals surface area (Å²) >= 11 is 0. The van der Waals surface area contributed by atoms with Crippen LogP contribution in [-0.4, -0.2) is 43.1 Å². The Bertz CT molecular complexity index is 1490. The van der Waals surface area contributed by atoms with Gasteiger partial charge >= 0.3 is 12.2 Å². The molecule has 2 heterocycles. The van der Waals surface area contributed by atoms with Crippen LogP contribution in [0.2, 0.25) is 0 Å². The number of anilines is 2. The third kappa shape index (κ3) is 4.63. The lowest BCUT2D eigenvalue weighted by Gasteiger charge is -2.21. The Labute approximate surface area is 215 Å². The number of rotatable bonds is 6. The Kier molecular flexibility index (Phi) is 6.45. The van der Waals surface area contributed by atoms with Crippen molar-refractivity contribution in [2.75, 3.05) is 30.6 Å². The summed E-state index contributed by atoms with van der Waals surface area (Å²) in [6, 6.07) is 15.4. The van der Waals surface area contributed by atoms with Gasteiger partial charge in [0.25, 0.3) is 0 Å². The number of alkyl halides is 3. The molecule has 0 saturated carbocycles. The van der Waals surface area contributed by atoms with Crippen molar-refractivity contribution in [2.45, 2.75) is 12.4 Å². The predicted octanol–water partition coefficient (Wildman–Crippen LogP) is 5.83. The van der Waals surface area contributed by atoms with Gasteiger partial charge in [0.15, 0.2) is 17.7 Å². The Hall–Kier alpha value is -4.51. The van der Waals surface area contributed by atoms with Crippen LogP contribution < -0.4 is 24.0 Å². The van der Waals surface area contributed by atoms with Gasteiger partial charge in [-0.3, -0.25) is 14.8 Å². The Balaban J connectivity index is 1.38. The largest absolute Gasteiger partial charge is 0.493 e. The van der Waals surface area contributed by atoms with Gasteiger partial charge in [-0.05, 0) is 54.6 Å². The fourth-order valence-electron chi connectivity index (χ4n) is 4.27. The predicted molar refractivity (Wildman–Crippen MR) is 134 cm³/mol. The van der Waals surface area contributed by atoms with Gasteiger partial charge in [-0.25, -0.2) is 4.79 Å². The summed E-state index contributed by atoms with van der Waals surface area (Å²) < 4.78 is 56.2. The normalized spacial score (nSPS) is 15.7. The van der Waals surface area contributed by atoms with Crippen molar-refractivity contribution < 1.29 is 37.3 Å². The summed E-state index contributed by atoms with van der Waals surface area (Å²) in [5, 5.41) is 11.3. The molecule has 196 valence electrons. The Morgan fingerprint density at radius 3 is 2.32 bits per heavy atom. The maximum Gasteiger partial charge on any atom is 0.416 e. The highest BCUT2D eigenvalue weighted by atomic mass is 19.4. The molecule has 0 unspecified atom stereocenters. The number of urea groups is 1. The first-order chi connectivity index (χ1) is 18.2. The lowest BCUT2D eigenvalue weighted by molar-refractivity contribution is -0.137. The second-order valence-corrected chi connectivity index (χ2v) is 8.42. The number of amides is 2. The van der Waals surface area contributed by atoms with Gasteiger partial charge in [0.1, 0.15) is 11.5 Å². The zero-order chi connectivity index (χ0) is 27.0. The SMILES string of the molecule is COc1cc2nccc(Oc3ccc(N4C(=O)N(c5cccc(C(F)(F)F)c5)C[C@H]4O)cc3)c2cc1OC. The summed E-state index contributed by atoms with van der Waals surface area (Å²) in [6.45, 7) is -0.188. The van der Waals surface area contributed by atoms with Crippen LogP contribution in [0.4, 0.5) is 29.3 Å². The number of ether oxygens (including phenoxy) is 3. The van der Waals surface area contributed by atoms with Gasteiger partial charge in [-0.15, -0.1) is 0 Å². The molecule has 1 fully saturated rings. The van der Waals surface area contributed by atoms with Crippen LogP contribution in [-0.2, 0) is 6.18 Å². The second-order valence-electron chi connectivity index (χ2n) is 8.42. The number of pyridine rings is 1. The molecule has 1 aliphatic rings. The Morgan fingerprint density at radius 1 is 0.921 bits per heavy atom. The molecule has 1 aromatic heterocycles. The number of fused-ring (bicyclic) bond motifs is 1. The molecule has 2 amide bonds. The summed E-state index contributed by atoms with van der Waals surface area (Å²) in [6.07, 6.45) is -4.21. The van der Waals surface area contributed by atoms with E-state index in [1.807, 2.05) is 0 Å². The van der Waals surface area contributed by atoms with Gasteiger partial charge in [-0.1, -0.05) is 6.07 Å². The topological polar surface area (TPSA) is 84.4 Å². The van der Waals surface area contributed by atoms with Crippen molar-refractivity contribution in [3.8, 4) is 23.0 Å². The number of β-amino-alcohol motifs (C(OH)–C–C–N with tert-alkyl or cyclic N) is 1. The Morgan fingerprint density at radius 2 is 1.63 bits per heavy atom. The summed E-state index contributed by atoms with van der Waals surface area (Å²) in [4.78, 5) is 19.6. The lowest BCUT2D eigenvalue weighted by atomic mass is 10.2. The van der Waals surface area contributed by atoms with E-state index in [4.69, 9.17) is 14.2 Å². The first kappa shape index (κ1) is 25.2. The van der Waals surface area contributed by atoms with Crippen molar-refractivity contribution in [3.05, 3.63) is 78.5 Å². The van der Waals surface area contributed by atoms with E-state index in [1.54, 1.807) is 48.7 Å². The number of halogens is 3. The van der Waals surface area contributed by atoms with Crippen molar-refractivity contribution in [1.82, 2.24) is 4.98 Å². The van der Waals surface area contributed by atoms with E-state index in [-0.39, 0.29) is 12.2 Å². The van der Waals surface area contributed by atoms with Gasteiger partial charge in [0.2, 0.25) is 0 Å². The zero-order valence-electron chi connectivity index (χ0n) is 20.3. The number of benzene rings is 3. The molecule has 0 radical (unpaired) electrons. The summed E-state index contributed by atoms with van der Waals surface area (Å²) in [7, 11) is 3.06. The first-order valence-corrected chi connectivity index (χ1v) is 11.4. The number of nitrogens with zero attached hydrogens (tertiary/aromatic N) is 3. The molecule has 0 spiro atoms. The third-order valence-corrected chi connectivity index (χ3v) is 6.12. The first-order valence-electron chi connectivity index (χ1n) is 11.4. The molecule has 1 aliphatic heterocycles. The van der Waals surface area contributed by atoms with Crippen molar-refractivity contribution in [1.29, 1.82) is 0 Å². The molecular formula is C27H22F3N3O5. The number of methoxy groups -OCH3 is 2. The number of carbonyl (C=O) groups is 1. The standard InChI is InChI=1S/C27H22F3N3O5/c1-36-23-13-20-21(14-24(23)37-2)31-11-10-22(20)38-19-8-6-17(7-9-19)33-25(34)15-32(26(33)35)18-5-3-4-16(12-18)27(28,29)30/h3-14,25,34H,15H2,1-2H3/t25-/m1/s1. The molecule has 0 aliphatic carbocycles. The van der Waals surface area contributed by atoms with Crippen LogP contribution >= 0.6 is 0 Å². The molecule has 11 heteroatoms. The molecule has 0 bridgehead atoms. The quantitative estimate of drug-likeness (QED) is 0.341. The van der Waals surface area contributed by atoms with E-state index in [0.717, 1.165) is 21.9 Å². The van der Waals surface area contributed by atoms with Gasteiger partial charge in [-0.2, -0.15) is 13.2 Å². The van der Waals surface area contributed by atoms with Crippen molar-refractivity contribution >= 4 is 28.3 Å². The molecule has 1 N–H and O–H groups in total. The number of hydrogen-bond acceptors (Lipinski definition) is 6. The number of aliphatic hydroxyl groups excluding tert-OH is 1. The average molecular weight is 525 g/mol. The molecule has 4 aromatic rings. The third-order valence-electron chi connectivity index (χ3n) is 6.12. The fourth-order valence-corrected chi connectivity index (χ4v) is 4.27. The molecule has 38 heavy (non-hydrogen) atoms. The molecule has 1 atom stereocenters. The maximum absolute atomic E-state index is 13.1. The van der Waals surface area contributed by atoms with Crippen LogP contribution in [0.3, 0.4) is 0 Å². The van der Waals surface area contributed by atoms with E-state index in [2.05, 4.69) is 4.98 Å². The monoisotopic (exact) mass is 525 g/mol. The van der Waals surface area contributed by atoms with E-state index < -0.39 is 24.0 Å². The van der Waals surface area contributed by atoms with E-state index in [0.29, 0.717) is 39.6 Å². The van der Waals surface area contributed by atoms with Crippen LogP contribution in [0.5, 0.6) is 23.0 Å². The average Bonchev–Trinajstić information content (AvgIpc) is 3.21. The van der Waals surface area contributed by atoms with Crippen LogP contribution in [0.1, 0.15) is 5.56 Å². The van der Waals surface area contributed by atoms with Crippen LogP contribution in [0.25, 0.3) is 10.9 Å². The lowest BCUT2D eigenvalue weighted by Crippen LogP contribution is -2.34. The van der Waals surface area contributed by atoms with E-state index in [9.17, 15) is 23.1 Å². The number of carbonyl (C=O) groups excluding carboxylic acids is 1. The maximum atomic E-state index is 13.1. The molecule has 5 rings (SSSR count). The minimum atomic E-state index is -4.55. The molecule has 3 aromatic carbocycles. The molecule has 8 nitrogen and oxygen atoms in total. The number of hydrogen-bond donors (Lipinski definition) is 1. The number of aliphatic hydroxyl groups is 1. The van der Waals surface area contributed by atoms with Crippen LogP contribution in [0, 0.1) is 0 Å². The second kappa shape index (κ2) is 9.75. The van der Waals surface area contributed by atoms with Crippen LogP contribution in [0.15, 0.2) is 72.9 Å².